The summed E-state index contributed by atoms with van der Waals surface area (Å²) in [6.45, 7) is 4.41. The average Bonchev–Trinajstić information content (AvgIpc) is 3.11. The average molecular weight is 496 g/mol. The van der Waals surface area contributed by atoms with Crippen LogP contribution in [0.25, 0.3) is 5.69 Å². The standard InChI is InChI=1S/C25H30BrN5O/c1-16(2)28-20-14-18-13-19(26)8-11-22(18)31-23(15-20)29-30-25(31)17-6-9-21(10-7-17)32-24-5-3-4-12-27-24/h3-5,8,11-13,16-17,20-21,28H,6-7,9-10,14-15H2,1-2H3/t17-,20?,21-. The molecule has 7 heteroatoms. The highest BCUT2D eigenvalue weighted by Gasteiger charge is 2.31. The molecule has 1 unspecified atom stereocenters. The Morgan fingerprint density at radius 2 is 1.91 bits per heavy atom. The van der Waals surface area contributed by atoms with E-state index in [9.17, 15) is 0 Å². The molecule has 32 heavy (non-hydrogen) atoms. The summed E-state index contributed by atoms with van der Waals surface area (Å²) < 4.78 is 9.56. The lowest BCUT2D eigenvalue weighted by molar-refractivity contribution is 0.139. The van der Waals surface area contributed by atoms with Gasteiger partial charge in [0.2, 0.25) is 5.88 Å². The van der Waals surface area contributed by atoms with Crippen molar-refractivity contribution in [3.63, 3.8) is 0 Å². The van der Waals surface area contributed by atoms with Crippen molar-refractivity contribution in [1.29, 1.82) is 0 Å². The minimum absolute atomic E-state index is 0.218. The highest BCUT2D eigenvalue weighted by atomic mass is 79.9. The van der Waals surface area contributed by atoms with Crippen LogP contribution in [0.5, 0.6) is 5.88 Å². The fourth-order valence-corrected chi connectivity index (χ4v) is 5.51. The lowest BCUT2D eigenvalue weighted by atomic mass is 9.86. The first kappa shape index (κ1) is 21.6. The molecule has 1 aromatic carbocycles. The van der Waals surface area contributed by atoms with Gasteiger partial charge in [0, 0.05) is 41.2 Å². The van der Waals surface area contributed by atoms with Crippen molar-refractivity contribution in [3.8, 4) is 11.6 Å². The van der Waals surface area contributed by atoms with Gasteiger partial charge in [-0.25, -0.2) is 4.98 Å². The zero-order chi connectivity index (χ0) is 22.1. The molecule has 1 N–H and O–H groups in total. The van der Waals surface area contributed by atoms with Gasteiger partial charge in [-0.3, -0.25) is 4.57 Å². The summed E-state index contributed by atoms with van der Waals surface area (Å²) >= 11 is 3.67. The second-order valence-corrected chi connectivity index (χ2v) is 10.2. The number of halogens is 1. The lowest BCUT2D eigenvalue weighted by Gasteiger charge is -2.28. The zero-order valence-electron chi connectivity index (χ0n) is 18.7. The first-order valence-electron chi connectivity index (χ1n) is 11.6. The van der Waals surface area contributed by atoms with E-state index in [1.54, 1.807) is 6.20 Å². The molecule has 3 heterocycles. The minimum atomic E-state index is 0.218. The second-order valence-electron chi connectivity index (χ2n) is 9.27. The van der Waals surface area contributed by atoms with E-state index in [1.807, 2.05) is 18.2 Å². The van der Waals surface area contributed by atoms with E-state index in [-0.39, 0.29) is 6.10 Å². The van der Waals surface area contributed by atoms with Gasteiger partial charge in [0.25, 0.3) is 0 Å². The molecule has 0 spiro atoms. The third kappa shape index (κ3) is 4.59. The molecule has 1 aliphatic heterocycles. The molecule has 3 aromatic rings. The number of ether oxygens (including phenoxy) is 1. The van der Waals surface area contributed by atoms with Crippen LogP contribution in [0.2, 0.25) is 0 Å². The van der Waals surface area contributed by atoms with Gasteiger partial charge >= 0.3 is 0 Å². The van der Waals surface area contributed by atoms with Crippen molar-refractivity contribution in [2.75, 3.05) is 0 Å². The van der Waals surface area contributed by atoms with Crippen LogP contribution in [0.3, 0.4) is 0 Å². The summed E-state index contributed by atoms with van der Waals surface area (Å²) in [7, 11) is 0. The van der Waals surface area contributed by atoms with Crippen LogP contribution in [0.4, 0.5) is 0 Å². The monoisotopic (exact) mass is 495 g/mol. The number of benzene rings is 1. The molecule has 2 aromatic heterocycles. The van der Waals surface area contributed by atoms with Crippen molar-refractivity contribution in [3.05, 3.63) is 64.3 Å². The van der Waals surface area contributed by atoms with Crippen molar-refractivity contribution in [1.82, 2.24) is 25.1 Å². The first-order chi connectivity index (χ1) is 15.6. The van der Waals surface area contributed by atoms with E-state index in [4.69, 9.17) is 9.84 Å². The number of aromatic nitrogens is 4. The van der Waals surface area contributed by atoms with Gasteiger partial charge in [-0.15, -0.1) is 10.2 Å². The fourth-order valence-electron chi connectivity index (χ4n) is 5.10. The number of hydrogen-bond donors (Lipinski definition) is 1. The van der Waals surface area contributed by atoms with Crippen LogP contribution in [0.1, 0.15) is 62.7 Å². The maximum atomic E-state index is 6.11. The third-order valence-corrected chi connectivity index (χ3v) is 6.96. The summed E-state index contributed by atoms with van der Waals surface area (Å²) in [5, 5.41) is 13.1. The fraction of sp³-hybridized carbons (Fsp3) is 0.480. The molecule has 2 aliphatic rings. The number of nitrogens with zero attached hydrogens (tertiary/aromatic N) is 4. The quantitative estimate of drug-likeness (QED) is 0.539. The van der Waals surface area contributed by atoms with Crippen LogP contribution in [0.15, 0.2) is 47.1 Å². The maximum Gasteiger partial charge on any atom is 0.213 e. The van der Waals surface area contributed by atoms with E-state index >= 15 is 0 Å². The predicted octanol–water partition coefficient (Wildman–Crippen LogP) is 5.00. The number of fused-ring (bicyclic) bond motifs is 3. The Balaban J connectivity index is 1.39. The van der Waals surface area contributed by atoms with Crippen LogP contribution in [0, 0.1) is 0 Å². The zero-order valence-corrected chi connectivity index (χ0v) is 20.3. The Labute approximate surface area is 197 Å². The Kier molecular flexibility index (Phi) is 6.28. The van der Waals surface area contributed by atoms with Gasteiger partial charge in [0.05, 0.1) is 5.69 Å². The minimum Gasteiger partial charge on any atom is -0.474 e. The van der Waals surface area contributed by atoms with Crippen LogP contribution in [-0.2, 0) is 12.8 Å². The summed E-state index contributed by atoms with van der Waals surface area (Å²) in [6.07, 6.45) is 7.99. The van der Waals surface area contributed by atoms with Crippen molar-refractivity contribution in [2.45, 2.75) is 76.5 Å². The summed E-state index contributed by atoms with van der Waals surface area (Å²) in [6, 6.07) is 13.2. The molecule has 6 nitrogen and oxygen atoms in total. The van der Waals surface area contributed by atoms with Gasteiger partial charge in [-0.2, -0.15) is 0 Å². The van der Waals surface area contributed by atoms with E-state index < -0.39 is 0 Å². The summed E-state index contributed by atoms with van der Waals surface area (Å²) in [4.78, 5) is 4.31. The van der Waals surface area contributed by atoms with E-state index in [2.05, 4.69) is 67.9 Å². The summed E-state index contributed by atoms with van der Waals surface area (Å²) in [5.41, 5.74) is 2.56. The Morgan fingerprint density at radius 1 is 1.06 bits per heavy atom. The Bertz CT molecular complexity index is 1060. The Hall–Kier alpha value is -2.25. The molecule has 0 radical (unpaired) electrons. The maximum absolute atomic E-state index is 6.11. The van der Waals surface area contributed by atoms with Crippen LogP contribution < -0.4 is 10.1 Å². The molecular weight excluding hydrogens is 466 g/mol. The normalized spacial score (nSPS) is 22.8. The molecule has 0 saturated heterocycles. The largest absolute Gasteiger partial charge is 0.474 e. The smallest absolute Gasteiger partial charge is 0.213 e. The molecule has 5 rings (SSSR count). The van der Waals surface area contributed by atoms with Gasteiger partial charge in [0.1, 0.15) is 17.8 Å². The lowest BCUT2D eigenvalue weighted by Crippen LogP contribution is -2.37. The molecule has 0 amide bonds. The first-order valence-corrected chi connectivity index (χ1v) is 12.4. The van der Waals surface area contributed by atoms with Crippen molar-refractivity contribution >= 4 is 15.9 Å². The van der Waals surface area contributed by atoms with E-state index in [1.165, 1.54) is 11.3 Å². The number of nitrogens with one attached hydrogen (secondary N) is 1. The van der Waals surface area contributed by atoms with Crippen LogP contribution in [-0.4, -0.2) is 37.9 Å². The van der Waals surface area contributed by atoms with E-state index in [0.717, 1.165) is 60.5 Å². The summed E-state index contributed by atoms with van der Waals surface area (Å²) in [5.74, 6) is 3.28. The van der Waals surface area contributed by atoms with Crippen molar-refractivity contribution < 1.29 is 4.74 Å². The molecular formula is C25H30BrN5O. The third-order valence-electron chi connectivity index (χ3n) is 6.47. The molecule has 1 saturated carbocycles. The molecule has 1 atom stereocenters. The number of pyridine rings is 1. The van der Waals surface area contributed by atoms with Gasteiger partial charge < -0.3 is 10.1 Å². The molecule has 1 aliphatic carbocycles. The van der Waals surface area contributed by atoms with Gasteiger partial charge in [-0.05, 0) is 61.9 Å². The molecule has 1 fully saturated rings. The van der Waals surface area contributed by atoms with Gasteiger partial charge in [0.15, 0.2) is 0 Å². The van der Waals surface area contributed by atoms with Crippen molar-refractivity contribution in [2.24, 2.45) is 0 Å². The highest BCUT2D eigenvalue weighted by molar-refractivity contribution is 9.10. The molecule has 0 bridgehead atoms. The Morgan fingerprint density at radius 3 is 2.66 bits per heavy atom. The topological polar surface area (TPSA) is 64.9 Å². The second kappa shape index (κ2) is 9.32. The van der Waals surface area contributed by atoms with Gasteiger partial charge in [-0.1, -0.05) is 35.8 Å². The predicted molar refractivity (Wildman–Crippen MR) is 128 cm³/mol. The SMILES string of the molecule is CC(C)NC1Cc2cc(Br)ccc2-n2c(nnc2[C@H]2CC[C@H](Oc3ccccn3)CC2)C1. The van der Waals surface area contributed by atoms with Crippen LogP contribution >= 0.6 is 15.9 Å². The number of hydrogen-bond acceptors (Lipinski definition) is 5. The molecule has 168 valence electrons. The number of rotatable bonds is 5. The van der Waals surface area contributed by atoms with E-state index in [0.29, 0.717) is 18.0 Å². The highest BCUT2D eigenvalue weighted by Crippen LogP contribution is 2.37.